The molecule has 0 spiro atoms. The molecule has 4 rings (SSSR count). The Morgan fingerprint density at radius 1 is 1.00 bits per heavy atom. The molecule has 106 valence electrons. The van der Waals surface area contributed by atoms with Crippen LogP contribution in [0, 0.1) is 17.8 Å². The third-order valence-corrected chi connectivity index (χ3v) is 6.37. The lowest BCUT2D eigenvalue weighted by atomic mass is 9.96. The van der Waals surface area contributed by atoms with Crippen molar-refractivity contribution in [3.05, 3.63) is 0 Å². The van der Waals surface area contributed by atoms with E-state index < -0.39 is 0 Å². The van der Waals surface area contributed by atoms with E-state index in [4.69, 9.17) is 0 Å². The fourth-order valence-corrected chi connectivity index (χ4v) is 5.26. The number of fused-ring (bicyclic) bond motifs is 2. The minimum atomic E-state index is 0.0865. The zero-order valence-electron chi connectivity index (χ0n) is 12.0. The first-order valence-corrected chi connectivity index (χ1v) is 8.29. The van der Waals surface area contributed by atoms with Crippen molar-refractivity contribution in [1.82, 2.24) is 10.2 Å². The topological polar surface area (TPSA) is 32.3 Å². The molecule has 6 unspecified atom stereocenters. The van der Waals surface area contributed by atoms with E-state index in [2.05, 4.69) is 10.2 Å². The number of carbonyl (C=O) groups excluding carboxylic acids is 1. The fourth-order valence-electron chi connectivity index (χ4n) is 5.26. The Labute approximate surface area is 116 Å². The number of hydrogen-bond acceptors (Lipinski definition) is 2. The maximum absolute atomic E-state index is 12.9. The maximum Gasteiger partial charge on any atom is 0.240 e. The van der Waals surface area contributed by atoms with Crippen LogP contribution in [0.2, 0.25) is 0 Å². The summed E-state index contributed by atoms with van der Waals surface area (Å²) in [6.07, 6.45) is 10.3. The van der Waals surface area contributed by atoms with E-state index in [1.165, 1.54) is 44.9 Å². The molecule has 1 heterocycles. The summed E-state index contributed by atoms with van der Waals surface area (Å²) in [7, 11) is 1.95. The quantitative estimate of drug-likeness (QED) is 0.827. The highest BCUT2D eigenvalue weighted by molar-refractivity contribution is 5.83. The third-order valence-electron chi connectivity index (χ3n) is 6.37. The molecule has 0 aromatic rings. The molecule has 3 nitrogen and oxygen atoms in total. The van der Waals surface area contributed by atoms with Crippen LogP contribution in [0.5, 0.6) is 0 Å². The maximum atomic E-state index is 12.9. The van der Waals surface area contributed by atoms with E-state index >= 15 is 0 Å². The normalized spacial score (nSPS) is 48.9. The highest BCUT2D eigenvalue weighted by Crippen LogP contribution is 2.55. The van der Waals surface area contributed by atoms with Gasteiger partial charge in [-0.2, -0.15) is 0 Å². The number of likely N-dealkylation sites (tertiary alicyclic amines) is 1. The van der Waals surface area contributed by atoms with E-state index in [0.29, 0.717) is 18.0 Å². The number of likely N-dealkylation sites (N-methyl/N-ethyl adjacent to an activating group) is 1. The number of amides is 1. The molecule has 1 amide bonds. The van der Waals surface area contributed by atoms with Crippen molar-refractivity contribution in [2.45, 2.75) is 69.5 Å². The lowest BCUT2D eigenvalue weighted by Gasteiger charge is -2.38. The van der Waals surface area contributed by atoms with E-state index in [1.54, 1.807) is 0 Å². The second-order valence-electron chi connectivity index (χ2n) is 7.23. The van der Waals surface area contributed by atoms with Crippen molar-refractivity contribution in [3.63, 3.8) is 0 Å². The number of carbonyl (C=O) groups is 1. The monoisotopic (exact) mass is 262 g/mol. The molecule has 3 saturated carbocycles. The van der Waals surface area contributed by atoms with Gasteiger partial charge < -0.3 is 10.2 Å². The summed E-state index contributed by atoms with van der Waals surface area (Å²) < 4.78 is 0. The fraction of sp³-hybridized carbons (Fsp3) is 0.938. The van der Waals surface area contributed by atoms with Crippen molar-refractivity contribution < 1.29 is 4.79 Å². The van der Waals surface area contributed by atoms with Crippen LogP contribution in [0.3, 0.4) is 0 Å². The van der Waals surface area contributed by atoms with Crippen LogP contribution in [-0.4, -0.2) is 36.0 Å². The SMILES string of the molecule is CNC1CCC2CCCC2N(C2CCC3CC32)C1=O. The van der Waals surface area contributed by atoms with Crippen molar-refractivity contribution >= 4 is 5.91 Å². The summed E-state index contributed by atoms with van der Waals surface area (Å²) in [6, 6.07) is 1.26. The first-order valence-electron chi connectivity index (χ1n) is 8.29. The smallest absolute Gasteiger partial charge is 0.240 e. The van der Waals surface area contributed by atoms with Crippen LogP contribution < -0.4 is 5.32 Å². The minimum Gasteiger partial charge on any atom is -0.335 e. The Morgan fingerprint density at radius 2 is 1.84 bits per heavy atom. The number of rotatable bonds is 2. The van der Waals surface area contributed by atoms with Gasteiger partial charge in [0.25, 0.3) is 0 Å². The molecule has 0 aromatic heterocycles. The van der Waals surface area contributed by atoms with Gasteiger partial charge in [0.15, 0.2) is 0 Å². The summed E-state index contributed by atoms with van der Waals surface area (Å²) in [6.45, 7) is 0. The van der Waals surface area contributed by atoms with Gasteiger partial charge in [-0.15, -0.1) is 0 Å². The second-order valence-corrected chi connectivity index (χ2v) is 7.23. The predicted octanol–water partition coefficient (Wildman–Crippen LogP) is 2.16. The Bertz CT molecular complexity index is 383. The van der Waals surface area contributed by atoms with Gasteiger partial charge >= 0.3 is 0 Å². The van der Waals surface area contributed by atoms with Crippen LogP contribution in [-0.2, 0) is 4.79 Å². The lowest BCUT2D eigenvalue weighted by molar-refractivity contribution is -0.138. The molecule has 1 aliphatic heterocycles. The highest BCUT2D eigenvalue weighted by atomic mass is 16.2. The van der Waals surface area contributed by atoms with Gasteiger partial charge in [0.2, 0.25) is 5.91 Å². The van der Waals surface area contributed by atoms with Crippen LogP contribution in [0.25, 0.3) is 0 Å². The summed E-state index contributed by atoms with van der Waals surface area (Å²) in [4.78, 5) is 15.3. The molecule has 19 heavy (non-hydrogen) atoms. The number of nitrogens with zero attached hydrogens (tertiary/aromatic N) is 1. The number of nitrogens with one attached hydrogen (secondary N) is 1. The van der Waals surface area contributed by atoms with Gasteiger partial charge in [-0.3, -0.25) is 4.79 Å². The zero-order valence-corrected chi connectivity index (χ0v) is 12.0. The Kier molecular flexibility index (Phi) is 2.87. The minimum absolute atomic E-state index is 0.0865. The Morgan fingerprint density at radius 3 is 2.53 bits per heavy atom. The third kappa shape index (κ3) is 1.84. The van der Waals surface area contributed by atoms with Crippen molar-refractivity contribution in [1.29, 1.82) is 0 Å². The highest BCUT2D eigenvalue weighted by Gasteiger charge is 2.54. The van der Waals surface area contributed by atoms with E-state index in [9.17, 15) is 4.79 Å². The molecular formula is C16H26N2O. The summed E-state index contributed by atoms with van der Waals surface area (Å²) in [5, 5.41) is 3.27. The predicted molar refractivity (Wildman–Crippen MR) is 74.7 cm³/mol. The van der Waals surface area contributed by atoms with Gasteiger partial charge in [0, 0.05) is 12.1 Å². The summed E-state index contributed by atoms with van der Waals surface area (Å²) in [5.41, 5.74) is 0. The molecule has 0 bridgehead atoms. The second kappa shape index (κ2) is 4.47. The molecule has 3 heteroatoms. The molecule has 1 N–H and O–H groups in total. The molecular weight excluding hydrogens is 236 g/mol. The van der Waals surface area contributed by atoms with Gasteiger partial charge in [0.05, 0.1) is 6.04 Å². The van der Waals surface area contributed by atoms with Crippen LogP contribution in [0.4, 0.5) is 0 Å². The van der Waals surface area contributed by atoms with Crippen molar-refractivity contribution in [2.24, 2.45) is 17.8 Å². The van der Waals surface area contributed by atoms with Crippen molar-refractivity contribution in [3.8, 4) is 0 Å². The first kappa shape index (κ1) is 12.2. The average Bonchev–Trinajstić information content (AvgIpc) is 2.90. The van der Waals surface area contributed by atoms with E-state index in [-0.39, 0.29) is 6.04 Å². The van der Waals surface area contributed by atoms with Crippen LogP contribution in [0.1, 0.15) is 51.4 Å². The molecule has 4 aliphatic rings. The molecule has 0 aromatic carbocycles. The van der Waals surface area contributed by atoms with Crippen molar-refractivity contribution in [2.75, 3.05) is 7.05 Å². The molecule has 3 aliphatic carbocycles. The standard InChI is InChI=1S/C16H26N2O/c1-17-13-7-5-10-3-2-4-14(10)18(16(13)19)15-8-6-11-9-12(11)15/h10-15,17H,2-9H2,1H3. The molecule has 1 saturated heterocycles. The Balaban J connectivity index is 1.63. The van der Waals surface area contributed by atoms with E-state index in [1.807, 2.05) is 7.05 Å². The van der Waals surface area contributed by atoms with Crippen LogP contribution >= 0.6 is 0 Å². The van der Waals surface area contributed by atoms with Gasteiger partial charge in [-0.25, -0.2) is 0 Å². The zero-order chi connectivity index (χ0) is 13.0. The molecule has 4 fully saturated rings. The summed E-state index contributed by atoms with van der Waals surface area (Å²) >= 11 is 0. The largest absolute Gasteiger partial charge is 0.335 e. The van der Waals surface area contributed by atoms with Gasteiger partial charge in [0.1, 0.15) is 0 Å². The van der Waals surface area contributed by atoms with Crippen LogP contribution in [0.15, 0.2) is 0 Å². The Hall–Kier alpha value is -0.570. The summed E-state index contributed by atoms with van der Waals surface area (Å²) in [5.74, 6) is 3.05. The lowest BCUT2D eigenvalue weighted by Crippen LogP contribution is -2.53. The van der Waals surface area contributed by atoms with E-state index in [0.717, 1.165) is 24.2 Å². The van der Waals surface area contributed by atoms with Gasteiger partial charge in [-0.05, 0) is 69.7 Å². The molecule has 0 radical (unpaired) electrons. The van der Waals surface area contributed by atoms with Gasteiger partial charge in [-0.1, -0.05) is 6.42 Å². The number of hydrogen-bond donors (Lipinski definition) is 1. The molecule has 6 atom stereocenters. The first-order chi connectivity index (χ1) is 9.29. The average molecular weight is 262 g/mol.